The topological polar surface area (TPSA) is 38.5 Å². The van der Waals surface area contributed by atoms with Gasteiger partial charge in [-0.05, 0) is 37.1 Å². The lowest BCUT2D eigenvalue weighted by molar-refractivity contribution is 0.212. The molecule has 2 aromatic carbocycles. The van der Waals surface area contributed by atoms with Gasteiger partial charge in [0, 0.05) is 6.54 Å². The zero-order valence-electron chi connectivity index (χ0n) is 12.0. The Morgan fingerprint density at radius 3 is 2.80 bits per heavy atom. The SMILES string of the molecule is Cc1ccccc1CN1CC(C)Oc2cccc(N)c21. The number of ether oxygens (including phenoxy) is 1. The molecule has 1 heterocycles. The maximum Gasteiger partial charge on any atom is 0.145 e. The van der Waals surface area contributed by atoms with Gasteiger partial charge in [0.2, 0.25) is 0 Å². The van der Waals surface area contributed by atoms with E-state index in [1.807, 2.05) is 18.2 Å². The van der Waals surface area contributed by atoms with Gasteiger partial charge in [-0.15, -0.1) is 0 Å². The van der Waals surface area contributed by atoms with Crippen LogP contribution >= 0.6 is 0 Å². The van der Waals surface area contributed by atoms with Crippen LogP contribution in [0.1, 0.15) is 18.1 Å². The fraction of sp³-hybridized carbons (Fsp3) is 0.294. The molecule has 0 radical (unpaired) electrons. The first-order valence-corrected chi connectivity index (χ1v) is 7.00. The number of nitrogen functional groups attached to an aromatic ring is 1. The van der Waals surface area contributed by atoms with Crippen LogP contribution in [0.4, 0.5) is 11.4 Å². The highest BCUT2D eigenvalue weighted by Gasteiger charge is 2.25. The molecule has 1 aliphatic rings. The molecule has 0 aromatic heterocycles. The van der Waals surface area contributed by atoms with E-state index >= 15 is 0 Å². The molecule has 20 heavy (non-hydrogen) atoms. The maximum absolute atomic E-state index is 6.15. The van der Waals surface area contributed by atoms with Crippen molar-refractivity contribution in [2.45, 2.75) is 26.5 Å². The van der Waals surface area contributed by atoms with Gasteiger partial charge in [0.25, 0.3) is 0 Å². The van der Waals surface area contributed by atoms with Crippen LogP contribution in [0.25, 0.3) is 0 Å². The molecule has 0 amide bonds. The minimum absolute atomic E-state index is 0.174. The van der Waals surface area contributed by atoms with E-state index in [1.54, 1.807) is 0 Å². The minimum atomic E-state index is 0.174. The molecule has 0 spiro atoms. The van der Waals surface area contributed by atoms with Crippen LogP contribution < -0.4 is 15.4 Å². The van der Waals surface area contributed by atoms with E-state index in [9.17, 15) is 0 Å². The molecule has 2 N–H and O–H groups in total. The van der Waals surface area contributed by atoms with Gasteiger partial charge in [-0.3, -0.25) is 0 Å². The van der Waals surface area contributed by atoms with E-state index in [0.29, 0.717) is 0 Å². The van der Waals surface area contributed by atoms with Crippen molar-refractivity contribution in [3.8, 4) is 5.75 Å². The highest BCUT2D eigenvalue weighted by atomic mass is 16.5. The Morgan fingerprint density at radius 2 is 2.00 bits per heavy atom. The Kier molecular flexibility index (Phi) is 3.26. The van der Waals surface area contributed by atoms with Crippen molar-refractivity contribution in [3.63, 3.8) is 0 Å². The van der Waals surface area contributed by atoms with Crippen LogP contribution in [-0.2, 0) is 6.54 Å². The summed E-state index contributed by atoms with van der Waals surface area (Å²) in [4.78, 5) is 2.32. The van der Waals surface area contributed by atoms with Crippen LogP contribution in [-0.4, -0.2) is 12.6 Å². The summed E-state index contributed by atoms with van der Waals surface area (Å²) in [5.41, 5.74) is 10.6. The molecule has 3 rings (SSSR count). The third-order valence-corrected chi connectivity index (χ3v) is 3.77. The maximum atomic E-state index is 6.15. The van der Waals surface area contributed by atoms with Gasteiger partial charge in [-0.2, -0.15) is 0 Å². The quantitative estimate of drug-likeness (QED) is 0.849. The standard InChI is InChI=1S/C17H20N2O/c1-12-6-3-4-7-14(12)11-19-10-13(2)20-16-9-5-8-15(18)17(16)19/h3-9,13H,10-11,18H2,1-2H3. The van der Waals surface area contributed by atoms with Crippen LogP contribution in [0.3, 0.4) is 0 Å². The van der Waals surface area contributed by atoms with E-state index in [2.05, 4.69) is 43.0 Å². The summed E-state index contributed by atoms with van der Waals surface area (Å²) in [6.45, 7) is 5.96. The lowest BCUT2D eigenvalue weighted by Gasteiger charge is -2.36. The fourth-order valence-corrected chi connectivity index (χ4v) is 2.77. The van der Waals surface area contributed by atoms with Gasteiger partial charge in [-0.25, -0.2) is 0 Å². The predicted molar refractivity (Wildman–Crippen MR) is 83.2 cm³/mol. The largest absolute Gasteiger partial charge is 0.487 e. The summed E-state index contributed by atoms with van der Waals surface area (Å²) >= 11 is 0. The van der Waals surface area contributed by atoms with Gasteiger partial charge in [0.15, 0.2) is 0 Å². The number of nitrogens with zero attached hydrogens (tertiary/aromatic N) is 1. The molecule has 0 saturated heterocycles. The number of fused-ring (bicyclic) bond motifs is 1. The summed E-state index contributed by atoms with van der Waals surface area (Å²) in [6, 6.07) is 14.3. The number of para-hydroxylation sites is 1. The summed E-state index contributed by atoms with van der Waals surface area (Å²) in [5.74, 6) is 0.886. The second-order valence-electron chi connectivity index (χ2n) is 5.43. The molecule has 3 heteroatoms. The first kappa shape index (κ1) is 12.9. The van der Waals surface area contributed by atoms with Crippen LogP contribution in [0, 0.1) is 6.92 Å². The smallest absolute Gasteiger partial charge is 0.145 e. The number of aryl methyl sites for hydroxylation is 1. The van der Waals surface area contributed by atoms with Crippen molar-refractivity contribution in [3.05, 3.63) is 53.6 Å². The molecule has 1 unspecified atom stereocenters. The summed E-state index contributed by atoms with van der Waals surface area (Å²) in [6.07, 6.45) is 0.174. The van der Waals surface area contributed by atoms with Gasteiger partial charge in [0.05, 0.1) is 12.2 Å². The Morgan fingerprint density at radius 1 is 1.20 bits per heavy atom. The number of anilines is 2. The molecular formula is C17H20N2O. The number of nitrogens with two attached hydrogens (primary N) is 1. The fourth-order valence-electron chi connectivity index (χ4n) is 2.77. The van der Waals surface area contributed by atoms with E-state index in [-0.39, 0.29) is 6.10 Å². The molecule has 0 fully saturated rings. The summed E-state index contributed by atoms with van der Waals surface area (Å²) in [7, 11) is 0. The van der Waals surface area contributed by atoms with E-state index in [0.717, 1.165) is 30.2 Å². The van der Waals surface area contributed by atoms with Crippen LogP contribution in [0.15, 0.2) is 42.5 Å². The minimum Gasteiger partial charge on any atom is -0.487 e. The average molecular weight is 268 g/mol. The molecular weight excluding hydrogens is 248 g/mol. The van der Waals surface area contributed by atoms with Gasteiger partial charge in [-0.1, -0.05) is 30.3 Å². The number of hydrogen-bond donors (Lipinski definition) is 1. The molecule has 1 atom stereocenters. The van der Waals surface area contributed by atoms with Crippen molar-refractivity contribution in [1.29, 1.82) is 0 Å². The lowest BCUT2D eigenvalue weighted by atomic mass is 10.1. The van der Waals surface area contributed by atoms with Gasteiger partial charge in [0.1, 0.15) is 17.5 Å². The third kappa shape index (κ3) is 2.31. The van der Waals surface area contributed by atoms with E-state index < -0.39 is 0 Å². The monoisotopic (exact) mass is 268 g/mol. The first-order chi connectivity index (χ1) is 9.65. The van der Waals surface area contributed by atoms with E-state index in [4.69, 9.17) is 10.5 Å². The van der Waals surface area contributed by atoms with Crippen molar-refractivity contribution in [2.24, 2.45) is 0 Å². The second kappa shape index (κ2) is 5.08. The summed E-state index contributed by atoms with van der Waals surface area (Å²) < 4.78 is 5.89. The Balaban J connectivity index is 1.97. The van der Waals surface area contributed by atoms with Gasteiger partial charge >= 0.3 is 0 Å². The normalized spacial score (nSPS) is 17.5. The Labute approximate surface area is 120 Å². The lowest BCUT2D eigenvalue weighted by Crippen LogP contribution is -2.38. The van der Waals surface area contributed by atoms with Gasteiger partial charge < -0.3 is 15.4 Å². The molecule has 1 aliphatic heterocycles. The molecule has 104 valence electrons. The van der Waals surface area contributed by atoms with Crippen LogP contribution in [0.2, 0.25) is 0 Å². The summed E-state index contributed by atoms with van der Waals surface area (Å²) in [5, 5.41) is 0. The average Bonchev–Trinajstić information content (AvgIpc) is 2.41. The predicted octanol–water partition coefficient (Wildman–Crippen LogP) is 3.36. The van der Waals surface area contributed by atoms with Crippen molar-refractivity contribution in [1.82, 2.24) is 0 Å². The Hall–Kier alpha value is -2.16. The van der Waals surface area contributed by atoms with Crippen molar-refractivity contribution in [2.75, 3.05) is 17.2 Å². The Bertz CT molecular complexity index is 624. The zero-order valence-corrected chi connectivity index (χ0v) is 12.0. The molecule has 2 aromatic rings. The molecule has 0 saturated carbocycles. The molecule has 3 nitrogen and oxygen atoms in total. The third-order valence-electron chi connectivity index (χ3n) is 3.77. The number of hydrogen-bond acceptors (Lipinski definition) is 3. The highest BCUT2D eigenvalue weighted by Crippen LogP contribution is 2.39. The second-order valence-corrected chi connectivity index (χ2v) is 5.43. The van der Waals surface area contributed by atoms with Crippen molar-refractivity contribution < 1.29 is 4.74 Å². The van der Waals surface area contributed by atoms with Crippen LogP contribution in [0.5, 0.6) is 5.75 Å². The number of benzene rings is 2. The first-order valence-electron chi connectivity index (χ1n) is 7.00. The zero-order chi connectivity index (χ0) is 14.1. The highest BCUT2D eigenvalue weighted by molar-refractivity contribution is 5.75. The molecule has 0 aliphatic carbocycles. The molecule has 0 bridgehead atoms. The number of rotatable bonds is 2. The van der Waals surface area contributed by atoms with E-state index in [1.165, 1.54) is 11.1 Å². The van der Waals surface area contributed by atoms with Crippen molar-refractivity contribution >= 4 is 11.4 Å².